The molecular weight excluding hydrogens is 378 g/mol. The van der Waals surface area contributed by atoms with Crippen LogP contribution in [0.4, 0.5) is 0 Å². The first-order valence-electron chi connectivity index (χ1n) is 10.2. The van der Waals surface area contributed by atoms with Gasteiger partial charge in [0.05, 0.1) is 13.2 Å². The van der Waals surface area contributed by atoms with Gasteiger partial charge in [0, 0.05) is 30.3 Å². The van der Waals surface area contributed by atoms with Gasteiger partial charge in [-0.25, -0.2) is 0 Å². The number of allylic oxidation sites excluding steroid dienone is 1. The number of hydrogen-bond donors (Lipinski definition) is 0. The lowest BCUT2D eigenvalue weighted by Gasteiger charge is -2.19. The van der Waals surface area contributed by atoms with Crippen LogP contribution in [0.2, 0.25) is 0 Å². The second-order valence-electron chi connectivity index (χ2n) is 7.91. The Kier molecular flexibility index (Phi) is 9.83. The molecule has 1 heterocycles. The molecule has 2 rings (SSSR count). The van der Waals surface area contributed by atoms with Gasteiger partial charge in [0.15, 0.2) is 0 Å². The maximum absolute atomic E-state index is 5.90. The van der Waals surface area contributed by atoms with Crippen LogP contribution in [0.1, 0.15) is 39.7 Å². The Hall–Kier alpha value is -2.22. The predicted molar refractivity (Wildman–Crippen MR) is 124 cm³/mol. The molecule has 0 spiro atoms. The lowest BCUT2D eigenvalue weighted by Crippen LogP contribution is -2.22. The number of rotatable bonds is 11. The standard InChI is InChI=1S/C25H33NO2S/c1-5-26(15-8-6-7-14-25(2,3)4)20-22-11-9-12-23(19-22)27-16-10-17-28-24-13-18-29-21-24/h6,8-9,11-13,18-19,21H,5,10,15-17,20H2,1-4H3. The van der Waals surface area contributed by atoms with Crippen molar-refractivity contribution in [1.29, 1.82) is 0 Å². The molecule has 0 aliphatic carbocycles. The van der Waals surface area contributed by atoms with Crippen LogP contribution in [0.25, 0.3) is 0 Å². The molecule has 0 unspecified atom stereocenters. The lowest BCUT2D eigenvalue weighted by molar-refractivity contribution is 0.247. The highest BCUT2D eigenvalue weighted by molar-refractivity contribution is 7.08. The average Bonchev–Trinajstić information content (AvgIpc) is 3.19. The number of benzene rings is 1. The van der Waals surface area contributed by atoms with Gasteiger partial charge in [-0.15, -0.1) is 11.3 Å². The number of likely N-dealkylation sites (N-methyl/N-ethyl adjacent to an activating group) is 1. The van der Waals surface area contributed by atoms with E-state index in [4.69, 9.17) is 9.47 Å². The predicted octanol–water partition coefficient (Wildman–Crippen LogP) is 6.02. The SMILES string of the molecule is CCN(CC=CC#CC(C)(C)C)Cc1cccc(OCCCOc2ccsc2)c1. The summed E-state index contributed by atoms with van der Waals surface area (Å²) >= 11 is 1.65. The summed E-state index contributed by atoms with van der Waals surface area (Å²) in [6.07, 6.45) is 4.96. The molecule has 1 aromatic heterocycles. The Morgan fingerprint density at radius 2 is 1.90 bits per heavy atom. The molecule has 29 heavy (non-hydrogen) atoms. The summed E-state index contributed by atoms with van der Waals surface area (Å²) in [5.41, 5.74) is 1.30. The largest absolute Gasteiger partial charge is 0.493 e. The van der Waals surface area contributed by atoms with Crippen molar-refractivity contribution in [2.45, 2.75) is 40.7 Å². The van der Waals surface area contributed by atoms with E-state index in [0.717, 1.165) is 37.6 Å². The summed E-state index contributed by atoms with van der Waals surface area (Å²) in [6.45, 7) is 12.6. The summed E-state index contributed by atoms with van der Waals surface area (Å²) in [5.74, 6) is 8.22. The zero-order chi connectivity index (χ0) is 21.0. The van der Waals surface area contributed by atoms with E-state index in [2.05, 4.69) is 68.7 Å². The molecule has 0 amide bonds. The lowest BCUT2D eigenvalue weighted by atomic mass is 9.98. The maximum atomic E-state index is 5.90. The van der Waals surface area contributed by atoms with Crippen LogP contribution in [0.3, 0.4) is 0 Å². The van der Waals surface area contributed by atoms with Gasteiger partial charge in [-0.1, -0.05) is 37.0 Å². The van der Waals surface area contributed by atoms with Crippen molar-refractivity contribution >= 4 is 11.3 Å². The third-order valence-electron chi connectivity index (χ3n) is 4.09. The zero-order valence-electron chi connectivity index (χ0n) is 18.1. The van der Waals surface area contributed by atoms with Gasteiger partial charge in [0.1, 0.15) is 11.5 Å². The van der Waals surface area contributed by atoms with Crippen molar-refractivity contribution in [2.24, 2.45) is 5.41 Å². The van der Waals surface area contributed by atoms with Gasteiger partial charge in [-0.05, 0) is 62.5 Å². The molecule has 0 aliphatic heterocycles. The van der Waals surface area contributed by atoms with E-state index in [0.29, 0.717) is 13.2 Å². The van der Waals surface area contributed by atoms with Gasteiger partial charge in [0.25, 0.3) is 0 Å². The third kappa shape index (κ3) is 10.2. The Balaban J connectivity index is 1.74. The summed E-state index contributed by atoms with van der Waals surface area (Å²) in [5, 5.41) is 4.03. The van der Waals surface area contributed by atoms with Crippen molar-refractivity contribution in [3.8, 4) is 23.3 Å². The molecule has 3 nitrogen and oxygen atoms in total. The van der Waals surface area contributed by atoms with Crippen molar-refractivity contribution < 1.29 is 9.47 Å². The third-order valence-corrected chi connectivity index (χ3v) is 4.75. The van der Waals surface area contributed by atoms with Crippen LogP contribution in [-0.2, 0) is 6.54 Å². The quantitative estimate of drug-likeness (QED) is 0.333. The molecular formula is C25H33NO2S. The topological polar surface area (TPSA) is 21.7 Å². The number of thiophene rings is 1. The average molecular weight is 412 g/mol. The molecule has 0 saturated heterocycles. The van der Waals surface area contributed by atoms with E-state index < -0.39 is 0 Å². The summed E-state index contributed by atoms with van der Waals surface area (Å²) in [7, 11) is 0. The number of ether oxygens (including phenoxy) is 2. The van der Waals surface area contributed by atoms with E-state index in [1.165, 1.54) is 5.56 Å². The van der Waals surface area contributed by atoms with Gasteiger partial charge in [-0.3, -0.25) is 4.90 Å². The minimum absolute atomic E-state index is 0.0469. The van der Waals surface area contributed by atoms with Crippen molar-refractivity contribution in [3.63, 3.8) is 0 Å². The fourth-order valence-corrected chi connectivity index (χ4v) is 3.16. The van der Waals surface area contributed by atoms with Gasteiger partial charge >= 0.3 is 0 Å². The summed E-state index contributed by atoms with van der Waals surface area (Å²) in [6, 6.07) is 10.3. The van der Waals surface area contributed by atoms with Crippen LogP contribution in [0.5, 0.6) is 11.5 Å². The highest BCUT2D eigenvalue weighted by Gasteiger charge is 2.04. The molecule has 0 saturated carbocycles. The Morgan fingerprint density at radius 1 is 1.10 bits per heavy atom. The molecule has 2 aromatic rings. The second-order valence-corrected chi connectivity index (χ2v) is 8.69. The number of nitrogens with zero attached hydrogens (tertiary/aromatic N) is 1. The Morgan fingerprint density at radius 3 is 2.59 bits per heavy atom. The van der Waals surface area contributed by atoms with Gasteiger partial charge < -0.3 is 9.47 Å². The summed E-state index contributed by atoms with van der Waals surface area (Å²) < 4.78 is 11.6. The molecule has 4 heteroatoms. The molecule has 0 fully saturated rings. The minimum Gasteiger partial charge on any atom is -0.493 e. The molecule has 0 atom stereocenters. The van der Waals surface area contributed by atoms with E-state index in [1.54, 1.807) is 11.3 Å². The second kappa shape index (κ2) is 12.4. The van der Waals surface area contributed by atoms with Crippen LogP contribution in [0.15, 0.2) is 53.2 Å². The van der Waals surface area contributed by atoms with Crippen LogP contribution >= 0.6 is 11.3 Å². The van der Waals surface area contributed by atoms with E-state index >= 15 is 0 Å². The van der Waals surface area contributed by atoms with Crippen LogP contribution in [0, 0.1) is 17.3 Å². The highest BCUT2D eigenvalue weighted by atomic mass is 32.1. The first kappa shape index (κ1) is 23.1. The normalized spacial score (nSPS) is 11.5. The molecule has 0 radical (unpaired) electrons. The van der Waals surface area contributed by atoms with Crippen molar-refractivity contribution in [3.05, 3.63) is 58.8 Å². The van der Waals surface area contributed by atoms with Crippen LogP contribution in [-0.4, -0.2) is 31.2 Å². The fourth-order valence-electron chi connectivity index (χ4n) is 2.59. The zero-order valence-corrected chi connectivity index (χ0v) is 18.9. The smallest absolute Gasteiger partial charge is 0.129 e. The van der Waals surface area contributed by atoms with Crippen molar-refractivity contribution in [1.82, 2.24) is 4.90 Å². The molecule has 1 aromatic carbocycles. The Labute approximate surface area is 180 Å². The first-order chi connectivity index (χ1) is 14.0. The molecule has 0 N–H and O–H groups in total. The van der Waals surface area contributed by atoms with Crippen LogP contribution < -0.4 is 9.47 Å². The van der Waals surface area contributed by atoms with Gasteiger partial charge in [-0.2, -0.15) is 0 Å². The Bertz CT molecular complexity index is 794. The fraction of sp³-hybridized carbons (Fsp3) is 0.440. The van der Waals surface area contributed by atoms with E-state index in [1.807, 2.05) is 29.0 Å². The monoisotopic (exact) mass is 411 g/mol. The molecule has 0 aliphatic rings. The molecule has 156 valence electrons. The van der Waals surface area contributed by atoms with E-state index in [9.17, 15) is 0 Å². The number of hydrogen-bond acceptors (Lipinski definition) is 4. The minimum atomic E-state index is 0.0469. The molecule has 0 bridgehead atoms. The summed E-state index contributed by atoms with van der Waals surface area (Å²) in [4.78, 5) is 2.38. The first-order valence-corrected chi connectivity index (χ1v) is 11.2. The van der Waals surface area contributed by atoms with E-state index in [-0.39, 0.29) is 5.41 Å². The van der Waals surface area contributed by atoms with Gasteiger partial charge in [0.2, 0.25) is 0 Å². The highest BCUT2D eigenvalue weighted by Crippen LogP contribution is 2.17. The van der Waals surface area contributed by atoms with Crippen molar-refractivity contribution in [2.75, 3.05) is 26.3 Å². The maximum Gasteiger partial charge on any atom is 0.129 e.